The number of halogens is 4. The summed E-state index contributed by atoms with van der Waals surface area (Å²) >= 11 is 0. The molecule has 0 heterocycles. The van der Waals surface area contributed by atoms with Gasteiger partial charge in [0.1, 0.15) is 5.82 Å². The second-order valence-corrected chi connectivity index (χ2v) is 4.03. The molecule has 1 aromatic carbocycles. The van der Waals surface area contributed by atoms with Crippen LogP contribution in [0.2, 0.25) is 0 Å². The van der Waals surface area contributed by atoms with E-state index in [1.54, 1.807) is 0 Å². The van der Waals surface area contributed by atoms with E-state index in [2.05, 4.69) is 0 Å². The Hall–Kier alpha value is -1.10. The van der Waals surface area contributed by atoms with E-state index in [0.717, 1.165) is 18.6 Å². The Labute approximate surface area is 90.3 Å². The second kappa shape index (κ2) is 3.73. The lowest BCUT2D eigenvalue weighted by Crippen LogP contribution is -2.20. The van der Waals surface area contributed by atoms with E-state index < -0.39 is 23.6 Å². The molecule has 0 saturated carbocycles. The summed E-state index contributed by atoms with van der Waals surface area (Å²) in [7, 11) is 0. The Morgan fingerprint density at radius 2 is 1.94 bits per heavy atom. The van der Waals surface area contributed by atoms with Gasteiger partial charge in [-0.2, -0.15) is 13.2 Å². The quantitative estimate of drug-likeness (QED) is 0.684. The summed E-state index contributed by atoms with van der Waals surface area (Å²) in [6.07, 6.45) is -2.62. The zero-order valence-electron chi connectivity index (χ0n) is 8.44. The van der Waals surface area contributed by atoms with Crippen LogP contribution in [0.5, 0.6) is 0 Å². The van der Waals surface area contributed by atoms with Crippen molar-refractivity contribution in [3.8, 4) is 0 Å². The van der Waals surface area contributed by atoms with Gasteiger partial charge in [-0.05, 0) is 42.5 Å². The van der Waals surface area contributed by atoms with Crippen LogP contribution in [0, 0.1) is 5.82 Å². The van der Waals surface area contributed by atoms with E-state index in [1.807, 2.05) is 0 Å². The minimum absolute atomic E-state index is 0.412. The van der Waals surface area contributed by atoms with Crippen molar-refractivity contribution < 1.29 is 17.6 Å². The van der Waals surface area contributed by atoms with Gasteiger partial charge in [0, 0.05) is 6.04 Å². The molecule has 5 heteroatoms. The van der Waals surface area contributed by atoms with Crippen LogP contribution in [-0.2, 0) is 12.6 Å². The molecule has 0 spiro atoms. The van der Waals surface area contributed by atoms with Crippen molar-refractivity contribution in [2.24, 2.45) is 5.73 Å². The first-order chi connectivity index (χ1) is 7.39. The van der Waals surface area contributed by atoms with E-state index >= 15 is 0 Å². The fourth-order valence-corrected chi connectivity index (χ4v) is 2.08. The SMILES string of the molecule is N[C@H]1CCCc2cc(F)c(C(F)(F)F)cc21. The second-order valence-electron chi connectivity index (χ2n) is 4.03. The number of benzene rings is 1. The molecular weight excluding hydrogens is 222 g/mol. The molecule has 0 fully saturated rings. The van der Waals surface area contributed by atoms with Crippen LogP contribution < -0.4 is 5.73 Å². The Kier molecular flexibility index (Phi) is 2.66. The molecule has 0 bridgehead atoms. The first kappa shape index (κ1) is 11.4. The van der Waals surface area contributed by atoms with Gasteiger partial charge in [0.15, 0.2) is 0 Å². The molecule has 1 aromatic rings. The molecule has 1 atom stereocenters. The highest BCUT2D eigenvalue weighted by Crippen LogP contribution is 2.36. The summed E-state index contributed by atoms with van der Waals surface area (Å²) in [4.78, 5) is 0. The maximum Gasteiger partial charge on any atom is 0.419 e. The summed E-state index contributed by atoms with van der Waals surface area (Å²) in [5.74, 6) is -1.21. The lowest BCUT2D eigenvalue weighted by Gasteiger charge is -2.23. The van der Waals surface area contributed by atoms with Gasteiger partial charge in [-0.25, -0.2) is 4.39 Å². The molecule has 0 unspecified atom stereocenters. The average molecular weight is 233 g/mol. The molecule has 0 amide bonds. The summed E-state index contributed by atoms with van der Waals surface area (Å²) < 4.78 is 50.6. The first-order valence-corrected chi connectivity index (χ1v) is 5.04. The maximum atomic E-state index is 13.2. The minimum Gasteiger partial charge on any atom is -0.324 e. The molecule has 0 aliphatic heterocycles. The van der Waals surface area contributed by atoms with Crippen molar-refractivity contribution in [3.05, 3.63) is 34.6 Å². The average Bonchev–Trinajstić information content (AvgIpc) is 2.15. The van der Waals surface area contributed by atoms with Gasteiger partial charge >= 0.3 is 6.18 Å². The number of alkyl halides is 3. The summed E-state index contributed by atoms with van der Waals surface area (Å²) in [6, 6.07) is 1.41. The fourth-order valence-electron chi connectivity index (χ4n) is 2.08. The highest BCUT2D eigenvalue weighted by atomic mass is 19.4. The van der Waals surface area contributed by atoms with E-state index in [1.165, 1.54) is 0 Å². The number of rotatable bonds is 0. The van der Waals surface area contributed by atoms with Gasteiger partial charge < -0.3 is 5.73 Å². The maximum absolute atomic E-state index is 13.2. The van der Waals surface area contributed by atoms with Gasteiger partial charge in [-0.15, -0.1) is 0 Å². The fraction of sp³-hybridized carbons (Fsp3) is 0.455. The molecule has 1 nitrogen and oxygen atoms in total. The molecule has 0 radical (unpaired) electrons. The van der Waals surface area contributed by atoms with Crippen LogP contribution in [0.25, 0.3) is 0 Å². The van der Waals surface area contributed by atoms with E-state index in [0.29, 0.717) is 24.0 Å². The largest absolute Gasteiger partial charge is 0.419 e. The number of hydrogen-bond donors (Lipinski definition) is 1. The standard InChI is InChI=1S/C11H11F4N/c12-9-4-6-2-1-3-10(16)7(6)5-8(9)11(13,14)15/h4-5,10H,1-3,16H2/t10-/m0/s1. The third-order valence-electron chi connectivity index (χ3n) is 2.90. The molecule has 16 heavy (non-hydrogen) atoms. The number of hydrogen-bond acceptors (Lipinski definition) is 1. The normalized spacial score (nSPS) is 20.7. The predicted octanol–water partition coefficient (Wildman–Crippen LogP) is 3.18. The van der Waals surface area contributed by atoms with Crippen LogP contribution in [0.4, 0.5) is 17.6 Å². The van der Waals surface area contributed by atoms with Crippen LogP contribution in [0.3, 0.4) is 0 Å². The van der Waals surface area contributed by atoms with Crippen molar-refractivity contribution in [2.75, 3.05) is 0 Å². The Morgan fingerprint density at radius 1 is 1.25 bits per heavy atom. The summed E-state index contributed by atoms with van der Waals surface area (Å²) in [5.41, 5.74) is 5.53. The van der Waals surface area contributed by atoms with Crippen LogP contribution >= 0.6 is 0 Å². The van der Waals surface area contributed by atoms with Crippen molar-refractivity contribution in [2.45, 2.75) is 31.5 Å². The van der Waals surface area contributed by atoms with Crippen LogP contribution in [0.15, 0.2) is 12.1 Å². The summed E-state index contributed by atoms with van der Waals surface area (Å²) in [5, 5.41) is 0. The van der Waals surface area contributed by atoms with Gasteiger partial charge in [-0.3, -0.25) is 0 Å². The zero-order valence-corrected chi connectivity index (χ0v) is 8.44. The lowest BCUT2D eigenvalue weighted by molar-refractivity contribution is -0.140. The minimum atomic E-state index is -4.66. The lowest BCUT2D eigenvalue weighted by atomic mass is 9.87. The van der Waals surface area contributed by atoms with E-state index in [4.69, 9.17) is 5.73 Å². The van der Waals surface area contributed by atoms with E-state index in [9.17, 15) is 17.6 Å². The summed E-state index contributed by atoms with van der Waals surface area (Å²) in [6.45, 7) is 0. The molecule has 1 aliphatic carbocycles. The molecule has 0 aromatic heterocycles. The zero-order chi connectivity index (χ0) is 11.9. The van der Waals surface area contributed by atoms with Gasteiger partial charge in [0.05, 0.1) is 5.56 Å². The van der Waals surface area contributed by atoms with Gasteiger partial charge in [0.2, 0.25) is 0 Å². The molecule has 1 aliphatic rings. The highest BCUT2D eigenvalue weighted by molar-refractivity contribution is 5.38. The topological polar surface area (TPSA) is 26.0 Å². The van der Waals surface area contributed by atoms with Crippen molar-refractivity contribution in [3.63, 3.8) is 0 Å². The third-order valence-corrected chi connectivity index (χ3v) is 2.90. The highest BCUT2D eigenvalue weighted by Gasteiger charge is 2.35. The van der Waals surface area contributed by atoms with Crippen molar-refractivity contribution in [1.82, 2.24) is 0 Å². The Morgan fingerprint density at radius 3 is 2.56 bits per heavy atom. The third kappa shape index (κ3) is 1.91. The Bertz CT molecular complexity index is 411. The number of aryl methyl sites for hydroxylation is 1. The van der Waals surface area contributed by atoms with Crippen LogP contribution in [-0.4, -0.2) is 0 Å². The molecule has 2 N–H and O–H groups in total. The van der Waals surface area contributed by atoms with E-state index in [-0.39, 0.29) is 0 Å². The molecular formula is C11H11F4N. The van der Waals surface area contributed by atoms with Crippen LogP contribution in [0.1, 0.15) is 35.6 Å². The van der Waals surface area contributed by atoms with Crippen molar-refractivity contribution in [1.29, 1.82) is 0 Å². The van der Waals surface area contributed by atoms with Gasteiger partial charge in [0.25, 0.3) is 0 Å². The smallest absolute Gasteiger partial charge is 0.324 e. The first-order valence-electron chi connectivity index (χ1n) is 5.04. The molecule has 88 valence electrons. The molecule has 2 rings (SSSR count). The van der Waals surface area contributed by atoms with Gasteiger partial charge in [-0.1, -0.05) is 0 Å². The number of nitrogens with two attached hydrogens (primary N) is 1. The molecule has 0 saturated heterocycles. The Balaban J connectivity index is 2.54. The number of fused-ring (bicyclic) bond motifs is 1. The predicted molar refractivity (Wildman–Crippen MR) is 51.3 cm³/mol. The monoisotopic (exact) mass is 233 g/mol. The van der Waals surface area contributed by atoms with Crippen molar-refractivity contribution >= 4 is 0 Å².